The molecule has 0 bridgehead atoms. The molecule has 0 spiro atoms. The van der Waals surface area contributed by atoms with Crippen LogP contribution in [0.5, 0.6) is 0 Å². The Kier molecular flexibility index (Phi) is 6.80. The van der Waals surface area contributed by atoms with Crippen LogP contribution in [-0.2, 0) is 14.3 Å². The van der Waals surface area contributed by atoms with Crippen molar-refractivity contribution in [3.05, 3.63) is 0 Å². The number of carbonyl (C=O) groups is 2. The average Bonchev–Trinajstić information content (AvgIpc) is 2.42. The van der Waals surface area contributed by atoms with Crippen LogP contribution in [0.2, 0.25) is 0 Å². The van der Waals surface area contributed by atoms with E-state index in [1.54, 1.807) is 7.11 Å². The van der Waals surface area contributed by atoms with Gasteiger partial charge >= 0.3 is 5.97 Å². The van der Waals surface area contributed by atoms with Gasteiger partial charge in [0.15, 0.2) is 0 Å². The lowest BCUT2D eigenvalue weighted by Gasteiger charge is -2.32. The van der Waals surface area contributed by atoms with E-state index in [2.05, 4.69) is 0 Å². The highest BCUT2D eigenvalue weighted by Gasteiger charge is 2.24. The Morgan fingerprint density at radius 1 is 1.42 bits per heavy atom. The maximum absolute atomic E-state index is 12.0. The van der Waals surface area contributed by atoms with Crippen LogP contribution in [0.25, 0.3) is 0 Å². The first-order chi connectivity index (χ1) is 9.06. The molecule has 0 aliphatic carbocycles. The fourth-order valence-electron chi connectivity index (χ4n) is 2.39. The average molecular weight is 272 g/mol. The summed E-state index contributed by atoms with van der Waals surface area (Å²) < 4.78 is 5.11. The summed E-state index contributed by atoms with van der Waals surface area (Å²) in [5.74, 6) is -0.244. The van der Waals surface area contributed by atoms with Gasteiger partial charge in [0, 0.05) is 33.2 Å². The van der Waals surface area contributed by atoms with Crippen LogP contribution in [0, 0.1) is 5.92 Å². The zero-order valence-corrected chi connectivity index (χ0v) is 11.5. The smallest absolute Gasteiger partial charge is 0.303 e. The van der Waals surface area contributed by atoms with Gasteiger partial charge in [-0.2, -0.15) is 0 Å². The molecule has 1 aliphatic rings. The van der Waals surface area contributed by atoms with Gasteiger partial charge in [-0.25, -0.2) is 0 Å². The third-order valence-corrected chi connectivity index (χ3v) is 3.73. The standard InChI is InChI=1S/C13H24N2O4/c1-19-11(9-14)8-12(16)15-6-4-10(5-7-15)2-3-13(17)18/h10-11H,2-9,14H2,1H3,(H,17,18). The lowest BCUT2D eigenvalue weighted by Crippen LogP contribution is -2.41. The molecule has 0 aromatic carbocycles. The molecule has 0 aromatic heterocycles. The Morgan fingerprint density at radius 3 is 2.53 bits per heavy atom. The van der Waals surface area contributed by atoms with Crippen molar-refractivity contribution in [1.29, 1.82) is 0 Å². The quantitative estimate of drug-likeness (QED) is 0.702. The third kappa shape index (κ3) is 5.57. The first-order valence-corrected chi connectivity index (χ1v) is 6.79. The normalized spacial score (nSPS) is 18.3. The molecular formula is C13H24N2O4. The van der Waals surface area contributed by atoms with Gasteiger partial charge in [-0.3, -0.25) is 9.59 Å². The van der Waals surface area contributed by atoms with E-state index in [9.17, 15) is 9.59 Å². The SMILES string of the molecule is COC(CN)CC(=O)N1CCC(CCC(=O)O)CC1. The summed E-state index contributed by atoms with van der Waals surface area (Å²) >= 11 is 0. The van der Waals surface area contributed by atoms with Crippen LogP contribution in [0.3, 0.4) is 0 Å². The van der Waals surface area contributed by atoms with Gasteiger partial charge in [0.25, 0.3) is 0 Å². The molecule has 1 unspecified atom stereocenters. The van der Waals surface area contributed by atoms with Crippen LogP contribution in [-0.4, -0.2) is 54.7 Å². The van der Waals surface area contributed by atoms with Gasteiger partial charge in [0.2, 0.25) is 5.91 Å². The molecule has 6 nitrogen and oxygen atoms in total. The minimum absolute atomic E-state index is 0.0778. The Bertz CT molecular complexity index is 297. The topological polar surface area (TPSA) is 92.9 Å². The Labute approximate surface area is 113 Å². The van der Waals surface area contributed by atoms with Crippen molar-refractivity contribution in [3.8, 4) is 0 Å². The lowest BCUT2D eigenvalue weighted by atomic mass is 9.92. The summed E-state index contributed by atoms with van der Waals surface area (Å²) in [5.41, 5.74) is 5.50. The molecule has 19 heavy (non-hydrogen) atoms. The highest BCUT2D eigenvalue weighted by molar-refractivity contribution is 5.76. The lowest BCUT2D eigenvalue weighted by molar-refractivity contribution is -0.138. The fourth-order valence-corrected chi connectivity index (χ4v) is 2.39. The number of aliphatic carboxylic acids is 1. The molecular weight excluding hydrogens is 248 g/mol. The van der Waals surface area contributed by atoms with Gasteiger partial charge in [-0.05, 0) is 25.2 Å². The Morgan fingerprint density at radius 2 is 2.05 bits per heavy atom. The zero-order valence-electron chi connectivity index (χ0n) is 11.5. The predicted octanol–water partition coefficient (Wildman–Crippen LogP) is 0.454. The van der Waals surface area contributed by atoms with Crippen molar-refractivity contribution in [2.24, 2.45) is 11.7 Å². The highest BCUT2D eigenvalue weighted by atomic mass is 16.5. The number of hydrogen-bond donors (Lipinski definition) is 2. The van der Waals surface area contributed by atoms with Gasteiger partial charge in [-0.15, -0.1) is 0 Å². The summed E-state index contributed by atoms with van der Waals surface area (Å²) in [6, 6.07) is 0. The van der Waals surface area contributed by atoms with E-state index in [1.807, 2.05) is 4.90 Å². The number of likely N-dealkylation sites (tertiary alicyclic amines) is 1. The van der Waals surface area contributed by atoms with E-state index < -0.39 is 5.97 Å². The van der Waals surface area contributed by atoms with Gasteiger partial charge in [0.1, 0.15) is 0 Å². The second-order valence-electron chi connectivity index (χ2n) is 5.05. The van der Waals surface area contributed by atoms with Crippen LogP contribution in [0.1, 0.15) is 32.1 Å². The number of ether oxygens (including phenoxy) is 1. The first kappa shape index (κ1) is 15.9. The summed E-state index contributed by atoms with van der Waals surface area (Å²) in [7, 11) is 1.56. The second-order valence-corrected chi connectivity index (χ2v) is 5.05. The molecule has 3 N–H and O–H groups in total. The first-order valence-electron chi connectivity index (χ1n) is 6.79. The van der Waals surface area contributed by atoms with E-state index >= 15 is 0 Å². The molecule has 1 amide bonds. The van der Waals surface area contributed by atoms with Crippen molar-refractivity contribution >= 4 is 11.9 Å². The Balaban J connectivity index is 2.28. The monoisotopic (exact) mass is 272 g/mol. The molecule has 0 aromatic rings. The molecule has 1 aliphatic heterocycles. The zero-order chi connectivity index (χ0) is 14.3. The predicted molar refractivity (Wildman–Crippen MR) is 70.6 cm³/mol. The molecule has 0 saturated carbocycles. The largest absolute Gasteiger partial charge is 0.481 e. The number of nitrogens with zero attached hydrogens (tertiary/aromatic N) is 1. The number of carboxylic acids is 1. The molecule has 1 fully saturated rings. The highest BCUT2D eigenvalue weighted by Crippen LogP contribution is 2.22. The number of methoxy groups -OCH3 is 1. The summed E-state index contributed by atoms with van der Waals surface area (Å²) in [6.45, 7) is 1.77. The van der Waals surface area contributed by atoms with Crippen LogP contribution in [0.15, 0.2) is 0 Å². The maximum atomic E-state index is 12.0. The van der Waals surface area contributed by atoms with Crippen molar-refractivity contribution in [1.82, 2.24) is 4.90 Å². The summed E-state index contributed by atoms with van der Waals surface area (Å²) in [5, 5.41) is 8.65. The van der Waals surface area contributed by atoms with E-state index in [0.717, 1.165) is 12.8 Å². The van der Waals surface area contributed by atoms with Crippen LogP contribution in [0.4, 0.5) is 0 Å². The summed E-state index contributed by atoms with van der Waals surface area (Å²) in [6.07, 6.45) is 2.82. The minimum atomic E-state index is -0.746. The van der Waals surface area contributed by atoms with Crippen molar-refractivity contribution in [3.63, 3.8) is 0 Å². The van der Waals surface area contributed by atoms with Crippen LogP contribution >= 0.6 is 0 Å². The molecule has 6 heteroatoms. The number of carbonyl (C=O) groups excluding carboxylic acids is 1. The Hall–Kier alpha value is -1.14. The number of piperidine rings is 1. The van der Waals surface area contributed by atoms with Crippen molar-refractivity contribution < 1.29 is 19.4 Å². The molecule has 1 rings (SSSR count). The van der Waals surface area contributed by atoms with E-state index in [1.165, 1.54) is 0 Å². The maximum Gasteiger partial charge on any atom is 0.303 e. The fraction of sp³-hybridized carbons (Fsp3) is 0.846. The van der Waals surface area contributed by atoms with E-state index in [-0.39, 0.29) is 18.4 Å². The number of hydrogen-bond acceptors (Lipinski definition) is 4. The number of amides is 1. The summed E-state index contributed by atoms with van der Waals surface area (Å²) in [4.78, 5) is 24.3. The number of rotatable bonds is 7. The second kappa shape index (κ2) is 8.12. The molecule has 110 valence electrons. The van der Waals surface area contributed by atoms with E-state index in [0.29, 0.717) is 38.4 Å². The number of carboxylic acid groups (broad SMARTS) is 1. The minimum Gasteiger partial charge on any atom is -0.481 e. The molecule has 1 saturated heterocycles. The third-order valence-electron chi connectivity index (χ3n) is 3.73. The van der Waals surface area contributed by atoms with Crippen LogP contribution < -0.4 is 5.73 Å². The van der Waals surface area contributed by atoms with Crippen molar-refractivity contribution in [2.75, 3.05) is 26.7 Å². The van der Waals surface area contributed by atoms with E-state index in [4.69, 9.17) is 15.6 Å². The van der Waals surface area contributed by atoms with Gasteiger partial charge in [0.05, 0.1) is 12.5 Å². The molecule has 0 radical (unpaired) electrons. The van der Waals surface area contributed by atoms with Gasteiger partial charge in [-0.1, -0.05) is 0 Å². The molecule has 1 heterocycles. The van der Waals surface area contributed by atoms with Crippen molar-refractivity contribution in [2.45, 2.75) is 38.2 Å². The molecule has 1 atom stereocenters. The van der Waals surface area contributed by atoms with Gasteiger partial charge < -0.3 is 20.5 Å². The number of nitrogens with two attached hydrogens (primary N) is 1.